The number of nitrogens with one attached hydrogen (secondary N) is 1. The van der Waals surface area contributed by atoms with Crippen molar-refractivity contribution in [1.82, 2.24) is 15.1 Å². The molecule has 0 aliphatic carbocycles. The fourth-order valence-electron chi connectivity index (χ4n) is 2.20. The van der Waals surface area contributed by atoms with Gasteiger partial charge in [0.25, 0.3) is 0 Å². The van der Waals surface area contributed by atoms with Crippen LogP contribution in [0, 0.1) is 19.7 Å². The van der Waals surface area contributed by atoms with Gasteiger partial charge in [0.1, 0.15) is 5.82 Å². The van der Waals surface area contributed by atoms with Crippen molar-refractivity contribution in [3.05, 3.63) is 47.0 Å². The molecule has 1 aromatic heterocycles. The molecule has 0 aliphatic rings. The third-order valence-electron chi connectivity index (χ3n) is 3.32. The van der Waals surface area contributed by atoms with E-state index in [2.05, 4.69) is 10.4 Å². The molecule has 2 aromatic rings. The number of hydrogen-bond donors (Lipinski definition) is 2. The maximum atomic E-state index is 13.0. The van der Waals surface area contributed by atoms with E-state index in [4.69, 9.17) is 5.73 Å². The molecule has 0 saturated heterocycles. The molecule has 0 spiro atoms. The number of carbonyl (C=O) groups is 1. The Balaban J connectivity index is 2.25. The summed E-state index contributed by atoms with van der Waals surface area (Å²) < 4.78 is 14.7. The van der Waals surface area contributed by atoms with Gasteiger partial charge in [0, 0.05) is 24.3 Å². The minimum atomic E-state index is -0.290. The molecule has 5 nitrogen and oxygen atoms in total. The van der Waals surface area contributed by atoms with Gasteiger partial charge in [-0.3, -0.25) is 4.79 Å². The van der Waals surface area contributed by atoms with Crippen LogP contribution in [0.1, 0.15) is 17.0 Å². The minimum absolute atomic E-state index is 0.0784. The minimum Gasteiger partial charge on any atom is -0.355 e. The SMILES string of the molecule is Cc1nn(-c2ccc(F)cc2)c(C)c1CC(=O)NCCN. The number of nitrogens with zero attached hydrogens (tertiary/aromatic N) is 2. The number of hydrogen-bond acceptors (Lipinski definition) is 3. The van der Waals surface area contributed by atoms with E-state index in [1.807, 2.05) is 13.8 Å². The van der Waals surface area contributed by atoms with E-state index in [-0.39, 0.29) is 18.1 Å². The molecule has 1 heterocycles. The molecule has 21 heavy (non-hydrogen) atoms. The highest BCUT2D eigenvalue weighted by molar-refractivity contribution is 5.79. The first-order valence-corrected chi connectivity index (χ1v) is 6.80. The molecule has 3 N–H and O–H groups in total. The summed E-state index contributed by atoms with van der Waals surface area (Å²) in [5.74, 6) is -0.369. The monoisotopic (exact) mass is 290 g/mol. The zero-order chi connectivity index (χ0) is 15.4. The molecule has 6 heteroatoms. The van der Waals surface area contributed by atoms with Gasteiger partial charge in [0.2, 0.25) is 5.91 Å². The summed E-state index contributed by atoms with van der Waals surface area (Å²) in [6, 6.07) is 6.10. The average Bonchev–Trinajstić information content (AvgIpc) is 2.74. The molecule has 0 bridgehead atoms. The van der Waals surface area contributed by atoms with Crippen LogP contribution < -0.4 is 11.1 Å². The molecule has 0 fully saturated rings. The Kier molecular flexibility index (Phi) is 4.70. The van der Waals surface area contributed by atoms with Crippen LogP contribution in [0.2, 0.25) is 0 Å². The van der Waals surface area contributed by atoms with E-state index in [1.165, 1.54) is 12.1 Å². The van der Waals surface area contributed by atoms with E-state index < -0.39 is 0 Å². The number of halogens is 1. The van der Waals surface area contributed by atoms with Crippen molar-refractivity contribution in [2.24, 2.45) is 5.73 Å². The third kappa shape index (κ3) is 3.46. The van der Waals surface area contributed by atoms with Gasteiger partial charge in [-0.15, -0.1) is 0 Å². The molecule has 1 amide bonds. The van der Waals surface area contributed by atoms with Gasteiger partial charge in [-0.25, -0.2) is 9.07 Å². The maximum Gasteiger partial charge on any atom is 0.224 e. The molecule has 2 rings (SSSR count). The highest BCUT2D eigenvalue weighted by Crippen LogP contribution is 2.18. The smallest absolute Gasteiger partial charge is 0.224 e. The Morgan fingerprint density at radius 3 is 2.62 bits per heavy atom. The lowest BCUT2D eigenvalue weighted by Gasteiger charge is -2.06. The Bertz CT molecular complexity index is 634. The van der Waals surface area contributed by atoms with Gasteiger partial charge in [0.15, 0.2) is 0 Å². The summed E-state index contributed by atoms with van der Waals surface area (Å²) >= 11 is 0. The third-order valence-corrected chi connectivity index (χ3v) is 3.32. The predicted octanol–water partition coefficient (Wildman–Crippen LogP) is 1.25. The number of aromatic nitrogens is 2. The van der Waals surface area contributed by atoms with Crippen molar-refractivity contribution in [2.75, 3.05) is 13.1 Å². The summed E-state index contributed by atoms with van der Waals surface area (Å²) in [6.45, 7) is 4.63. The van der Waals surface area contributed by atoms with Gasteiger partial charge in [0.05, 0.1) is 17.8 Å². The second kappa shape index (κ2) is 6.49. The lowest BCUT2D eigenvalue weighted by atomic mass is 10.1. The van der Waals surface area contributed by atoms with Crippen molar-refractivity contribution < 1.29 is 9.18 Å². The summed E-state index contributed by atoms with van der Waals surface area (Å²) in [4.78, 5) is 11.8. The Morgan fingerprint density at radius 1 is 1.33 bits per heavy atom. The van der Waals surface area contributed by atoms with E-state index >= 15 is 0 Å². The Labute approximate surface area is 123 Å². The quantitative estimate of drug-likeness (QED) is 0.870. The number of amides is 1. The second-order valence-corrected chi connectivity index (χ2v) is 4.85. The maximum absolute atomic E-state index is 13.0. The van der Waals surface area contributed by atoms with Crippen molar-refractivity contribution in [3.8, 4) is 5.69 Å². The standard InChI is InChI=1S/C15H19FN4O/c1-10-14(9-15(21)18-8-7-17)11(2)20(19-10)13-5-3-12(16)4-6-13/h3-6H,7-9,17H2,1-2H3,(H,18,21). The van der Waals surface area contributed by atoms with Crippen LogP contribution in [0.15, 0.2) is 24.3 Å². The molecule has 0 unspecified atom stereocenters. The number of nitrogens with two attached hydrogens (primary N) is 1. The summed E-state index contributed by atoms with van der Waals surface area (Å²) in [5, 5.41) is 7.17. The Morgan fingerprint density at radius 2 is 2.00 bits per heavy atom. The topological polar surface area (TPSA) is 72.9 Å². The van der Waals surface area contributed by atoms with Crippen LogP contribution in [0.3, 0.4) is 0 Å². The highest BCUT2D eigenvalue weighted by Gasteiger charge is 2.15. The van der Waals surface area contributed by atoms with E-state index in [0.29, 0.717) is 13.1 Å². The van der Waals surface area contributed by atoms with Crippen LogP contribution in [-0.4, -0.2) is 28.8 Å². The van der Waals surface area contributed by atoms with Crippen molar-refractivity contribution >= 4 is 5.91 Å². The Hall–Kier alpha value is -2.21. The van der Waals surface area contributed by atoms with E-state index in [0.717, 1.165) is 22.6 Å². The summed E-state index contributed by atoms with van der Waals surface area (Å²) in [7, 11) is 0. The van der Waals surface area contributed by atoms with E-state index in [1.54, 1.807) is 16.8 Å². The number of carbonyl (C=O) groups excluding carboxylic acids is 1. The lowest BCUT2D eigenvalue weighted by molar-refractivity contribution is -0.120. The molecule has 0 atom stereocenters. The molecule has 112 valence electrons. The van der Waals surface area contributed by atoms with Gasteiger partial charge in [-0.05, 0) is 38.1 Å². The van der Waals surface area contributed by atoms with Gasteiger partial charge >= 0.3 is 0 Å². The number of benzene rings is 1. The first-order valence-electron chi connectivity index (χ1n) is 6.80. The first-order chi connectivity index (χ1) is 10.0. The fourth-order valence-corrected chi connectivity index (χ4v) is 2.20. The van der Waals surface area contributed by atoms with Crippen LogP contribution >= 0.6 is 0 Å². The van der Waals surface area contributed by atoms with Crippen molar-refractivity contribution in [3.63, 3.8) is 0 Å². The van der Waals surface area contributed by atoms with Gasteiger partial charge in [-0.1, -0.05) is 0 Å². The van der Waals surface area contributed by atoms with E-state index in [9.17, 15) is 9.18 Å². The molecule has 0 radical (unpaired) electrons. The van der Waals surface area contributed by atoms with Crippen LogP contribution in [0.4, 0.5) is 4.39 Å². The summed E-state index contributed by atoms with van der Waals surface area (Å²) in [6.07, 6.45) is 0.263. The molecular weight excluding hydrogens is 271 g/mol. The van der Waals surface area contributed by atoms with Crippen LogP contribution in [0.25, 0.3) is 5.69 Å². The molecule has 0 saturated carbocycles. The highest BCUT2D eigenvalue weighted by atomic mass is 19.1. The molecule has 0 aliphatic heterocycles. The molecule has 1 aromatic carbocycles. The van der Waals surface area contributed by atoms with Crippen molar-refractivity contribution in [2.45, 2.75) is 20.3 Å². The predicted molar refractivity (Wildman–Crippen MR) is 78.8 cm³/mol. The largest absolute Gasteiger partial charge is 0.355 e. The first kappa shape index (κ1) is 15.2. The van der Waals surface area contributed by atoms with Gasteiger partial charge < -0.3 is 11.1 Å². The molecular formula is C15H19FN4O. The zero-order valence-corrected chi connectivity index (χ0v) is 12.2. The number of rotatable bonds is 5. The average molecular weight is 290 g/mol. The number of aryl methyl sites for hydroxylation is 1. The van der Waals surface area contributed by atoms with Crippen molar-refractivity contribution in [1.29, 1.82) is 0 Å². The van der Waals surface area contributed by atoms with Crippen LogP contribution in [0.5, 0.6) is 0 Å². The fraction of sp³-hybridized carbons (Fsp3) is 0.333. The van der Waals surface area contributed by atoms with Gasteiger partial charge in [-0.2, -0.15) is 5.10 Å². The lowest BCUT2D eigenvalue weighted by Crippen LogP contribution is -2.30. The second-order valence-electron chi connectivity index (χ2n) is 4.85. The zero-order valence-electron chi connectivity index (χ0n) is 12.2. The van der Waals surface area contributed by atoms with Crippen LogP contribution in [-0.2, 0) is 11.2 Å². The summed E-state index contributed by atoms with van der Waals surface area (Å²) in [5.41, 5.74) is 8.68. The normalized spacial score (nSPS) is 10.7.